The van der Waals surface area contributed by atoms with E-state index in [1.54, 1.807) is 19.5 Å². The van der Waals surface area contributed by atoms with Gasteiger partial charge in [-0.05, 0) is 51.9 Å². The summed E-state index contributed by atoms with van der Waals surface area (Å²) < 4.78 is 16.6. The molecule has 2 aromatic heterocycles. The molecule has 2 fully saturated rings. The molecular weight excluding hydrogens is 458 g/mol. The second kappa shape index (κ2) is 12.9. The number of ether oxygens (including phenoxy) is 3. The average Bonchev–Trinajstić information content (AvgIpc) is 3.13. The van der Waals surface area contributed by atoms with Gasteiger partial charge in [-0.1, -0.05) is 0 Å². The second-order valence-electron chi connectivity index (χ2n) is 9.89. The Bertz CT molecular complexity index is 1010. The van der Waals surface area contributed by atoms with Crippen molar-refractivity contribution in [1.82, 2.24) is 25.3 Å². The summed E-state index contributed by atoms with van der Waals surface area (Å²) in [5.74, 6) is 1.22. The summed E-state index contributed by atoms with van der Waals surface area (Å²) in [5.41, 5.74) is 0.813. The maximum Gasteiger partial charge on any atom is 0.217 e. The molecule has 1 aliphatic heterocycles. The highest BCUT2D eigenvalue weighted by atomic mass is 16.5. The van der Waals surface area contributed by atoms with Crippen LogP contribution >= 0.6 is 0 Å². The van der Waals surface area contributed by atoms with E-state index in [1.807, 2.05) is 6.07 Å². The van der Waals surface area contributed by atoms with E-state index in [-0.39, 0.29) is 6.61 Å². The number of rotatable bonds is 10. The molecule has 10 nitrogen and oxygen atoms in total. The Labute approximate surface area is 213 Å². The summed E-state index contributed by atoms with van der Waals surface area (Å²) >= 11 is 0. The summed E-state index contributed by atoms with van der Waals surface area (Å²) in [6.45, 7) is 4.33. The Hall–Kier alpha value is -2.87. The van der Waals surface area contributed by atoms with E-state index >= 15 is 0 Å². The lowest BCUT2D eigenvalue weighted by molar-refractivity contribution is 0.0183. The van der Waals surface area contributed by atoms with Crippen molar-refractivity contribution in [3.05, 3.63) is 24.8 Å². The minimum Gasteiger partial charge on any atom is -0.476 e. The molecule has 0 aromatic carbocycles. The smallest absolute Gasteiger partial charge is 0.217 e. The fraction of sp³-hybridized carbons (Fsp3) is 0.654. The normalized spacial score (nSPS) is 22.7. The third-order valence-electron chi connectivity index (χ3n) is 7.01. The van der Waals surface area contributed by atoms with Crippen molar-refractivity contribution < 1.29 is 14.2 Å². The summed E-state index contributed by atoms with van der Waals surface area (Å²) in [7, 11) is 1.74. The van der Waals surface area contributed by atoms with Gasteiger partial charge in [-0.3, -0.25) is 0 Å². The molecule has 1 saturated heterocycles. The average molecular weight is 496 g/mol. The molecule has 2 N–H and O–H groups in total. The van der Waals surface area contributed by atoms with Crippen LogP contribution in [0.3, 0.4) is 0 Å². The molecule has 0 bridgehead atoms. The first-order valence-corrected chi connectivity index (χ1v) is 12.9. The van der Waals surface area contributed by atoms with Crippen LogP contribution in [0.5, 0.6) is 5.88 Å². The molecule has 36 heavy (non-hydrogen) atoms. The number of nitrogens with one attached hydrogen (secondary N) is 2. The zero-order chi connectivity index (χ0) is 25.2. The largest absolute Gasteiger partial charge is 0.476 e. The van der Waals surface area contributed by atoms with E-state index in [0.29, 0.717) is 61.4 Å². The van der Waals surface area contributed by atoms with Crippen LogP contribution in [-0.2, 0) is 9.47 Å². The van der Waals surface area contributed by atoms with Gasteiger partial charge in [0, 0.05) is 50.6 Å². The standard InChI is InChI=1S/C26H37N7O3/c1-19(14-34-2)32-20-4-3-5-21(7-6-20)33-24-12-22(28-17-30-24)23-13-25(31-18-29-23)36-16-26(15-27)8-10-35-11-9-26/h12-13,17-21,32H,3-11,14,16H2,1-2H3,(H,28,30,33). The number of aromatic nitrogens is 4. The van der Waals surface area contributed by atoms with Crippen molar-refractivity contribution in [1.29, 1.82) is 5.26 Å². The second-order valence-corrected chi connectivity index (χ2v) is 9.89. The minimum absolute atomic E-state index is 0.279. The number of anilines is 1. The number of methoxy groups -OCH3 is 1. The lowest BCUT2D eigenvalue weighted by Gasteiger charge is -2.30. The van der Waals surface area contributed by atoms with Crippen LogP contribution < -0.4 is 15.4 Å². The van der Waals surface area contributed by atoms with E-state index in [9.17, 15) is 5.26 Å². The molecule has 194 valence electrons. The third kappa shape index (κ3) is 7.32. The molecule has 3 unspecified atom stereocenters. The quantitative estimate of drug-likeness (QED) is 0.474. The van der Waals surface area contributed by atoms with Gasteiger partial charge in [0.05, 0.1) is 29.5 Å². The van der Waals surface area contributed by atoms with Gasteiger partial charge in [0.2, 0.25) is 5.88 Å². The summed E-state index contributed by atoms with van der Waals surface area (Å²) in [6.07, 6.45) is 9.97. The Morgan fingerprint density at radius 3 is 2.56 bits per heavy atom. The number of nitriles is 1. The molecule has 2 aliphatic rings. The minimum atomic E-state index is -0.537. The molecule has 3 heterocycles. The van der Waals surface area contributed by atoms with Crippen molar-refractivity contribution in [3.63, 3.8) is 0 Å². The van der Waals surface area contributed by atoms with Crippen LogP contribution in [0.4, 0.5) is 5.82 Å². The van der Waals surface area contributed by atoms with Crippen molar-refractivity contribution in [2.24, 2.45) is 5.41 Å². The zero-order valence-corrected chi connectivity index (χ0v) is 21.3. The molecule has 0 amide bonds. The first kappa shape index (κ1) is 26.2. The molecule has 3 atom stereocenters. The van der Waals surface area contributed by atoms with Crippen LogP contribution in [-0.4, -0.2) is 71.6 Å². The van der Waals surface area contributed by atoms with Gasteiger partial charge in [-0.15, -0.1) is 0 Å². The molecule has 10 heteroatoms. The Balaban J connectivity index is 1.35. The Morgan fingerprint density at radius 2 is 1.78 bits per heavy atom. The van der Waals surface area contributed by atoms with E-state index < -0.39 is 5.41 Å². The number of nitrogens with zero attached hydrogens (tertiary/aromatic N) is 5. The van der Waals surface area contributed by atoms with Gasteiger partial charge in [-0.2, -0.15) is 5.26 Å². The van der Waals surface area contributed by atoms with E-state index in [4.69, 9.17) is 14.2 Å². The fourth-order valence-electron chi connectivity index (χ4n) is 4.92. The van der Waals surface area contributed by atoms with Crippen molar-refractivity contribution >= 4 is 5.82 Å². The van der Waals surface area contributed by atoms with Crippen molar-refractivity contribution in [3.8, 4) is 23.3 Å². The molecule has 4 rings (SSSR count). The lowest BCUT2D eigenvalue weighted by atomic mass is 9.83. The summed E-state index contributed by atoms with van der Waals surface area (Å²) in [5, 5.41) is 16.9. The number of hydrogen-bond acceptors (Lipinski definition) is 10. The van der Waals surface area contributed by atoms with Crippen molar-refractivity contribution in [2.75, 3.05) is 38.9 Å². The zero-order valence-electron chi connectivity index (χ0n) is 21.3. The third-order valence-corrected chi connectivity index (χ3v) is 7.01. The Kier molecular flexibility index (Phi) is 9.39. The van der Waals surface area contributed by atoms with E-state index in [0.717, 1.165) is 38.1 Å². The number of hydrogen-bond donors (Lipinski definition) is 2. The highest BCUT2D eigenvalue weighted by Gasteiger charge is 2.34. The van der Waals surface area contributed by atoms with Gasteiger partial charge >= 0.3 is 0 Å². The highest BCUT2D eigenvalue weighted by Crippen LogP contribution is 2.31. The topological polar surface area (TPSA) is 127 Å². The van der Waals surface area contributed by atoms with E-state index in [1.165, 1.54) is 12.7 Å². The first-order valence-electron chi connectivity index (χ1n) is 12.9. The molecule has 1 aliphatic carbocycles. The van der Waals surface area contributed by atoms with Crippen LogP contribution in [0.2, 0.25) is 0 Å². The maximum atomic E-state index is 9.66. The van der Waals surface area contributed by atoms with Gasteiger partial charge in [0.15, 0.2) is 0 Å². The first-order chi connectivity index (χ1) is 17.6. The molecular formula is C26H37N7O3. The van der Waals surface area contributed by atoms with Gasteiger partial charge < -0.3 is 24.8 Å². The van der Waals surface area contributed by atoms with Crippen molar-refractivity contribution in [2.45, 2.75) is 70.0 Å². The SMILES string of the molecule is COCC(C)NC1CCCC(Nc2cc(-c3cc(OCC4(C#N)CCOCC4)ncn3)ncn2)CC1. The Morgan fingerprint density at radius 1 is 1.06 bits per heavy atom. The molecule has 1 saturated carbocycles. The molecule has 0 spiro atoms. The van der Waals surface area contributed by atoms with Crippen LogP contribution in [0.1, 0.15) is 51.9 Å². The summed E-state index contributed by atoms with van der Waals surface area (Å²) in [6, 6.07) is 7.34. The van der Waals surface area contributed by atoms with Gasteiger partial charge in [0.1, 0.15) is 25.1 Å². The van der Waals surface area contributed by atoms with Crippen LogP contribution in [0, 0.1) is 16.7 Å². The predicted molar refractivity (Wildman–Crippen MR) is 135 cm³/mol. The summed E-state index contributed by atoms with van der Waals surface area (Å²) in [4.78, 5) is 17.5. The van der Waals surface area contributed by atoms with Gasteiger partial charge in [-0.25, -0.2) is 19.9 Å². The van der Waals surface area contributed by atoms with Crippen LogP contribution in [0.25, 0.3) is 11.4 Å². The van der Waals surface area contributed by atoms with Gasteiger partial charge in [0.25, 0.3) is 0 Å². The molecule has 0 radical (unpaired) electrons. The maximum absolute atomic E-state index is 9.66. The lowest BCUT2D eigenvalue weighted by Crippen LogP contribution is -2.38. The molecule has 2 aromatic rings. The highest BCUT2D eigenvalue weighted by molar-refractivity contribution is 5.58. The predicted octanol–water partition coefficient (Wildman–Crippen LogP) is 3.37. The fourth-order valence-corrected chi connectivity index (χ4v) is 4.92. The van der Waals surface area contributed by atoms with E-state index in [2.05, 4.69) is 43.6 Å². The van der Waals surface area contributed by atoms with Crippen LogP contribution in [0.15, 0.2) is 24.8 Å². The monoisotopic (exact) mass is 495 g/mol.